The molecule has 0 fully saturated rings. The molecule has 0 saturated carbocycles. The Morgan fingerprint density at radius 1 is 0.714 bits per heavy atom. The van der Waals surface area contributed by atoms with Gasteiger partial charge in [0.05, 0.1) is 9.79 Å². The smallest absolute Gasteiger partial charge is 0.307 e. The van der Waals surface area contributed by atoms with Gasteiger partial charge in [-0.15, -0.1) is 0 Å². The van der Waals surface area contributed by atoms with E-state index in [1.54, 1.807) is 31.2 Å². The molecule has 10 nitrogen and oxygen atoms in total. The minimum Gasteiger partial charge on any atom is -0.307 e. The summed E-state index contributed by atoms with van der Waals surface area (Å²) in [5, 5.41) is 2.39. The molecular weight excluding hydrogens is 492 g/mol. The van der Waals surface area contributed by atoms with Crippen LogP contribution >= 0.6 is 0 Å². The van der Waals surface area contributed by atoms with Gasteiger partial charge in [0.25, 0.3) is 20.0 Å². The van der Waals surface area contributed by atoms with E-state index in [1.807, 2.05) is 16.4 Å². The fourth-order valence-corrected chi connectivity index (χ4v) is 4.81. The first kappa shape index (κ1) is 25.7. The average molecular weight is 517 g/mol. The van der Waals surface area contributed by atoms with E-state index < -0.39 is 32.1 Å². The Balaban J connectivity index is 1.68. The molecule has 0 aliphatic carbocycles. The largest absolute Gasteiger partial charge is 0.335 e. The zero-order valence-electron chi connectivity index (χ0n) is 19.1. The lowest BCUT2D eigenvalue weighted by atomic mass is 10.2. The number of anilines is 2. The molecule has 0 atom stereocenters. The van der Waals surface area contributed by atoms with Gasteiger partial charge in [0.1, 0.15) is 0 Å². The predicted molar refractivity (Wildman–Crippen MR) is 132 cm³/mol. The predicted octanol–water partition coefficient (Wildman–Crippen LogP) is 3.35. The van der Waals surface area contributed by atoms with Crippen molar-refractivity contribution in [2.75, 3.05) is 17.3 Å². The minimum atomic E-state index is -4.10. The molecule has 3 N–H and O–H groups in total. The summed E-state index contributed by atoms with van der Waals surface area (Å²) in [5.74, 6) is 0. The summed E-state index contributed by atoms with van der Waals surface area (Å²) >= 11 is 0. The Bertz CT molecular complexity index is 1450. The Labute approximate surface area is 204 Å². The monoisotopic (exact) mass is 516 g/mol. The van der Waals surface area contributed by atoms with Gasteiger partial charge >= 0.3 is 12.1 Å². The van der Waals surface area contributed by atoms with Crippen LogP contribution in [0.3, 0.4) is 0 Å². The maximum absolute atomic E-state index is 12.6. The fourth-order valence-electron chi connectivity index (χ4n) is 2.92. The Morgan fingerprint density at radius 3 is 1.71 bits per heavy atom. The first-order chi connectivity index (χ1) is 16.4. The van der Waals surface area contributed by atoms with Crippen LogP contribution < -0.4 is 19.7 Å². The van der Waals surface area contributed by atoms with Crippen LogP contribution in [0.5, 0.6) is 0 Å². The zero-order chi connectivity index (χ0) is 25.8. The molecule has 0 saturated heterocycles. The molecule has 0 aromatic heterocycles. The lowest BCUT2D eigenvalue weighted by molar-refractivity contribution is 0.252. The summed E-state index contributed by atoms with van der Waals surface area (Å²) in [4.78, 5) is 25.7. The van der Waals surface area contributed by atoms with Gasteiger partial charge < -0.3 is 5.32 Å². The second-order valence-electron chi connectivity index (χ2n) is 7.71. The van der Waals surface area contributed by atoms with Crippen LogP contribution in [0.25, 0.3) is 0 Å². The molecule has 3 aromatic carbocycles. The van der Waals surface area contributed by atoms with Gasteiger partial charge in [-0.05, 0) is 56.3 Å². The van der Waals surface area contributed by atoms with E-state index in [1.165, 1.54) is 55.6 Å². The third-order valence-corrected chi connectivity index (χ3v) is 7.59. The van der Waals surface area contributed by atoms with Crippen molar-refractivity contribution < 1.29 is 26.4 Å². The first-order valence-corrected chi connectivity index (χ1v) is 13.2. The van der Waals surface area contributed by atoms with E-state index in [-0.39, 0.29) is 21.2 Å². The molecule has 3 aromatic rings. The lowest BCUT2D eigenvalue weighted by Gasteiger charge is -2.19. The molecule has 3 rings (SSSR count). The third kappa shape index (κ3) is 6.58. The van der Waals surface area contributed by atoms with E-state index in [0.29, 0.717) is 0 Å². The average Bonchev–Trinajstić information content (AvgIpc) is 2.78. The van der Waals surface area contributed by atoms with Crippen molar-refractivity contribution in [3.8, 4) is 0 Å². The zero-order valence-corrected chi connectivity index (χ0v) is 20.8. The van der Waals surface area contributed by atoms with Crippen molar-refractivity contribution in [1.82, 2.24) is 9.44 Å². The van der Waals surface area contributed by atoms with Gasteiger partial charge in [0.2, 0.25) is 0 Å². The van der Waals surface area contributed by atoms with Crippen LogP contribution in [0.2, 0.25) is 0 Å². The number of nitrogens with one attached hydrogen (secondary N) is 3. The number of carbonyl (C=O) groups excluding carboxylic acids is 2. The van der Waals surface area contributed by atoms with Gasteiger partial charge in [0.15, 0.2) is 0 Å². The molecule has 12 heteroatoms. The summed E-state index contributed by atoms with van der Waals surface area (Å²) in [6.45, 7) is 3.61. The number of hydrogen-bond donors (Lipinski definition) is 3. The quantitative estimate of drug-likeness (QED) is 0.459. The normalized spacial score (nSPS) is 11.4. The molecule has 0 unspecified atom stereocenters. The molecule has 35 heavy (non-hydrogen) atoms. The number of nitrogens with zero attached hydrogens (tertiary/aromatic N) is 1. The van der Waals surface area contributed by atoms with E-state index in [0.717, 1.165) is 16.0 Å². The molecule has 0 aliphatic heterocycles. The SMILES string of the molecule is Cc1ccc(S(=O)(=O)NC(=O)Nc2cccc(N(C)C(=O)NS(=O)(=O)c3ccc(C)cc3)c2)cc1. The van der Waals surface area contributed by atoms with Gasteiger partial charge in [-0.2, -0.15) is 0 Å². The van der Waals surface area contributed by atoms with Crippen molar-refractivity contribution in [2.45, 2.75) is 23.6 Å². The van der Waals surface area contributed by atoms with E-state index in [9.17, 15) is 26.4 Å². The van der Waals surface area contributed by atoms with Crippen LogP contribution in [-0.2, 0) is 20.0 Å². The van der Waals surface area contributed by atoms with Gasteiger partial charge in [-0.3, -0.25) is 4.90 Å². The van der Waals surface area contributed by atoms with Crippen molar-refractivity contribution in [1.29, 1.82) is 0 Å². The van der Waals surface area contributed by atoms with Crippen LogP contribution in [-0.4, -0.2) is 35.9 Å². The molecule has 0 spiro atoms. The standard InChI is InChI=1S/C23H24N4O6S2/c1-16-7-11-20(12-8-16)34(30,31)25-22(28)24-18-5-4-6-19(15-18)27(3)23(29)26-35(32,33)21-13-9-17(2)10-14-21/h4-15H,1-3H3,(H,26,29)(H2,24,25,28). The highest BCUT2D eigenvalue weighted by molar-refractivity contribution is 7.90. The topological polar surface area (TPSA) is 142 Å². The molecule has 0 bridgehead atoms. The number of aryl methyl sites for hydroxylation is 2. The van der Waals surface area contributed by atoms with Crippen molar-refractivity contribution in [2.24, 2.45) is 0 Å². The van der Waals surface area contributed by atoms with Crippen LogP contribution in [0.1, 0.15) is 11.1 Å². The fraction of sp³-hybridized carbons (Fsp3) is 0.130. The van der Waals surface area contributed by atoms with Crippen LogP contribution in [0.4, 0.5) is 21.0 Å². The van der Waals surface area contributed by atoms with E-state index in [2.05, 4.69) is 5.32 Å². The van der Waals surface area contributed by atoms with Gasteiger partial charge in [0, 0.05) is 18.4 Å². The van der Waals surface area contributed by atoms with Crippen molar-refractivity contribution in [3.63, 3.8) is 0 Å². The molecule has 0 aliphatic rings. The first-order valence-electron chi connectivity index (χ1n) is 10.2. The lowest BCUT2D eigenvalue weighted by Crippen LogP contribution is -2.40. The molecule has 184 valence electrons. The Morgan fingerprint density at radius 2 is 1.20 bits per heavy atom. The summed E-state index contributed by atoms with van der Waals surface area (Å²) in [6, 6.07) is 15.9. The summed E-state index contributed by atoms with van der Waals surface area (Å²) < 4.78 is 53.7. The summed E-state index contributed by atoms with van der Waals surface area (Å²) in [7, 11) is -6.84. The van der Waals surface area contributed by atoms with E-state index in [4.69, 9.17) is 0 Å². The number of benzene rings is 3. The molecule has 0 heterocycles. The summed E-state index contributed by atoms with van der Waals surface area (Å²) in [6.07, 6.45) is 0. The highest BCUT2D eigenvalue weighted by Crippen LogP contribution is 2.20. The number of hydrogen-bond acceptors (Lipinski definition) is 6. The number of rotatable bonds is 6. The van der Waals surface area contributed by atoms with Crippen molar-refractivity contribution >= 4 is 43.5 Å². The Hall–Kier alpha value is -3.90. The summed E-state index contributed by atoms with van der Waals surface area (Å²) in [5.41, 5.74) is 2.17. The third-order valence-electron chi connectivity index (χ3n) is 4.91. The van der Waals surface area contributed by atoms with Crippen molar-refractivity contribution in [3.05, 3.63) is 83.9 Å². The van der Waals surface area contributed by atoms with Crippen LogP contribution in [0.15, 0.2) is 82.6 Å². The van der Waals surface area contributed by atoms with Gasteiger partial charge in [-0.25, -0.2) is 35.9 Å². The maximum atomic E-state index is 12.6. The van der Waals surface area contributed by atoms with E-state index >= 15 is 0 Å². The number of urea groups is 2. The number of carbonyl (C=O) groups is 2. The molecule has 4 amide bonds. The number of amides is 4. The van der Waals surface area contributed by atoms with Gasteiger partial charge in [-0.1, -0.05) is 41.5 Å². The number of sulfonamides is 2. The molecule has 0 radical (unpaired) electrons. The highest BCUT2D eigenvalue weighted by atomic mass is 32.2. The van der Waals surface area contributed by atoms with Crippen LogP contribution in [0, 0.1) is 13.8 Å². The highest BCUT2D eigenvalue weighted by Gasteiger charge is 2.22. The second-order valence-corrected chi connectivity index (χ2v) is 11.1. The minimum absolute atomic E-state index is 0.0632. The maximum Gasteiger partial charge on any atom is 0.335 e. The Kier molecular flexibility index (Phi) is 7.46. The second kappa shape index (κ2) is 10.2. The molecular formula is C23H24N4O6S2.